The summed E-state index contributed by atoms with van der Waals surface area (Å²) in [5.41, 5.74) is 4.23. The van der Waals surface area contributed by atoms with Crippen LogP contribution < -0.4 is 69.5 Å². The average Bonchev–Trinajstić information content (AvgIpc) is 2.92. The minimum atomic E-state index is -4.57. The van der Waals surface area contributed by atoms with E-state index in [1.807, 2.05) is 53.8 Å². The van der Waals surface area contributed by atoms with E-state index in [0.717, 1.165) is 22.3 Å². The normalized spacial score (nSPS) is 13.4. The molecule has 7 nitrogen and oxygen atoms in total. The number of rotatable bonds is 6. The molecular formula is C17H15NNa2O6S2. The predicted octanol–water partition coefficient (Wildman–Crippen LogP) is -4.59. The summed E-state index contributed by atoms with van der Waals surface area (Å²) in [6, 6.07) is 15.6. The molecule has 0 aliphatic heterocycles. The van der Waals surface area contributed by atoms with Crippen LogP contribution in [0.15, 0.2) is 48.5 Å². The quantitative estimate of drug-likeness (QED) is 0.208. The molecule has 0 saturated heterocycles. The molecule has 1 amide bonds. The number of hydrogen-bond donors (Lipinski definition) is 1. The van der Waals surface area contributed by atoms with Crippen LogP contribution >= 0.6 is 10.8 Å². The summed E-state index contributed by atoms with van der Waals surface area (Å²) in [4.78, 5) is 11.8. The Balaban J connectivity index is 0.00000196. The molecule has 0 fully saturated rings. The van der Waals surface area contributed by atoms with Crippen LogP contribution in [0.1, 0.15) is 17.0 Å². The molecule has 3 rings (SSSR count). The molecular weight excluding hydrogens is 424 g/mol. The number of alkyl carbamates (subject to hydrolysis) is 1. The molecule has 1 aliphatic carbocycles. The maximum atomic E-state index is 11.8. The first-order chi connectivity index (χ1) is 12.3. The van der Waals surface area contributed by atoms with Crippen LogP contribution in [-0.2, 0) is 13.9 Å². The SMILES string of the molecule is O=C(NC([O-])CSS(=O)(=O)[O-])OCC1c2ccccc2-c2ccccc21.[Na+].[Na+]. The van der Waals surface area contributed by atoms with E-state index in [2.05, 4.69) is 0 Å². The first-order valence-corrected chi connectivity index (χ1v) is 10.6. The van der Waals surface area contributed by atoms with Gasteiger partial charge in [-0.05, 0) is 39.3 Å². The number of nitrogens with one attached hydrogen (secondary N) is 1. The van der Waals surface area contributed by atoms with Crippen molar-refractivity contribution in [1.82, 2.24) is 5.32 Å². The van der Waals surface area contributed by atoms with Gasteiger partial charge in [-0.2, -0.15) is 0 Å². The summed E-state index contributed by atoms with van der Waals surface area (Å²) < 4.78 is 36.6. The number of hydrogen-bond acceptors (Lipinski definition) is 7. The van der Waals surface area contributed by atoms with E-state index in [0.29, 0.717) is 0 Å². The second-order valence-corrected chi connectivity index (χ2v) is 8.97. The summed E-state index contributed by atoms with van der Waals surface area (Å²) in [6.07, 6.45) is -2.70. The molecule has 1 atom stereocenters. The predicted molar refractivity (Wildman–Crippen MR) is 94.1 cm³/mol. The third-order valence-corrected chi connectivity index (χ3v) is 5.99. The summed E-state index contributed by atoms with van der Waals surface area (Å²) in [5, 5.41) is 13.5. The molecule has 1 N–H and O–H groups in total. The Morgan fingerprint density at radius 1 is 1.07 bits per heavy atom. The Morgan fingerprint density at radius 3 is 2.07 bits per heavy atom. The van der Waals surface area contributed by atoms with Gasteiger partial charge in [0, 0.05) is 11.7 Å². The third-order valence-electron chi connectivity index (χ3n) is 3.99. The first kappa shape index (κ1) is 26.0. The van der Waals surface area contributed by atoms with E-state index in [-0.39, 0.29) is 82.4 Å². The van der Waals surface area contributed by atoms with Gasteiger partial charge in [0.15, 0.2) is 0 Å². The number of carbonyl (C=O) groups excluding carboxylic acids is 1. The Morgan fingerprint density at radius 2 is 1.57 bits per heavy atom. The summed E-state index contributed by atoms with van der Waals surface area (Å²) in [5.74, 6) is -0.731. The minimum Gasteiger partial charge on any atom is -0.836 e. The van der Waals surface area contributed by atoms with Gasteiger partial charge in [0.2, 0.25) is 0 Å². The fourth-order valence-corrected chi connectivity index (χ4v) is 4.20. The zero-order valence-electron chi connectivity index (χ0n) is 15.5. The van der Waals surface area contributed by atoms with Gasteiger partial charge in [0.05, 0.1) is 0 Å². The van der Waals surface area contributed by atoms with Crippen molar-refractivity contribution >= 4 is 26.0 Å². The molecule has 0 aromatic heterocycles. The van der Waals surface area contributed by atoms with Crippen molar-refractivity contribution in [2.45, 2.75) is 12.1 Å². The van der Waals surface area contributed by atoms with E-state index in [1.54, 1.807) is 0 Å². The fourth-order valence-electron chi connectivity index (χ4n) is 2.96. The Kier molecular flexibility index (Phi) is 10.5. The van der Waals surface area contributed by atoms with E-state index in [9.17, 15) is 22.9 Å². The number of ether oxygens (including phenoxy) is 1. The van der Waals surface area contributed by atoms with Crippen LogP contribution in [0.2, 0.25) is 0 Å². The first-order valence-electron chi connectivity index (χ1n) is 7.73. The number of fused-ring (bicyclic) bond motifs is 3. The molecule has 1 aliphatic rings. The van der Waals surface area contributed by atoms with Crippen molar-refractivity contribution in [2.75, 3.05) is 12.4 Å². The fraction of sp³-hybridized carbons (Fsp3) is 0.235. The van der Waals surface area contributed by atoms with Crippen molar-refractivity contribution in [3.63, 3.8) is 0 Å². The molecule has 0 spiro atoms. The number of benzene rings is 2. The van der Waals surface area contributed by atoms with Crippen LogP contribution in [0.5, 0.6) is 0 Å². The second kappa shape index (κ2) is 11.4. The van der Waals surface area contributed by atoms with Crippen LogP contribution in [0.3, 0.4) is 0 Å². The summed E-state index contributed by atoms with van der Waals surface area (Å²) >= 11 is 0. The van der Waals surface area contributed by atoms with Gasteiger partial charge in [0.1, 0.15) is 15.8 Å². The maximum Gasteiger partial charge on any atom is 1.00 e. The topological polar surface area (TPSA) is 119 Å². The summed E-state index contributed by atoms with van der Waals surface area (Å²) in [6.45, 7) is 0.0412. The van der Waals surface area contributed by atoms with Gasteiger partial charge in [0.25, 0.3) is 0 Å². The van der Waals surface area contributed by atoms with Gasteiger partial charge >= 0.3 is 65.2 Å². The van der Waals surface area contributed by atoms with Crippen molar-refractivity contribution in [2.24, 2.45) is 0 Å². The number of amides is 1. The molecule has 138 valence electrons. The van der Waals surface area contributed by atoms with Crippen molar-refractivity contribution in [3.05, 3.63) is 59.7 Å². The molecule has 0 saturated carbocycles. The molecule has 0 heterocycles. The molecule has 1 unspecified atom stereocenters. The van der Waals surface area contributed by atoms with Gasteiger partial charge in [-0.25, -0.2) is 13.2 Å². The van der Waals surface area contributed by atoms with Crippen LogP contribution in [0.4, 0.5) is 4.79 Å². The monoisotopic (exact) mass is 439 g/mol. The van der Waals surface area contributed by atoms with Crippen molar-refractivity contribution in [1.29, 1.82) is 0 Å². The molecule has 2 aromatic carbocycles. The number of carbonyl (C=O) groups is 1. The molecule has 11 heteroatoms. The van der Waals surface area contributed by atoms with Gasteiger partial charge in [-0.15, -0.1) is 0 Å². The average molecular weight is 439 g/mol. The van der Waals surface area contributed by atoms with E-state index in [4.69, 9.17) is 4.74 Å². The van der Waals surface area contributed by atoms with Crippen molar-refractivity contribution < 1.29 is 86.7 Å². The van der Waals surface area contributed by atoms with Gasteiger partial charge < -0.3 is 19.7 Å². The second-order valence-electron chi connectivity index (χ2n) is 5.65. The summed E-state index contributed by atoms with van der Waals surface area (Å²) in [7, 11) is -4.63. The smallest absolute Gasteiger partial charge is 0.836 e. The minimum absolute atomic E-state index is 0. The van der Waals surface area contributed by atoms with Gasteiger partial charge in [-0.1, -0.05) is 48.5 Å². The zero-order valence-corrected chi connectivity index (χ0v) is 21.1. The maximum absolute atomic E-state index is 11.8. The van der Waals surface area contributed by atoms with Crippen molar-refractivity contribution in [3.8, 4) is 11.1 Å². The Hall–Kier alpha value is -0.0700. The van der Waals surface area contributed by atoms with Crippen LogP contribution in [-0.4, -0.2) is 37.7 Å². The third kappa shape index (κ3) is 6.73. The van der Waals surface area contributed by atoms with Gasteiger partial charge in [-0.3, -0.25) is 0 Å². The Bertz CT molecular complexity index is 880. The van der Waals surface area contributed by atoms with E-state index in [1.165, 1.54) is 0 Å². The molecule has 0 bridgehead atoms. The molecule has 0 radical (unpaired) electrons. The standard InChI is InChI=1S/C17H16NO6S2.2Na/c19-16(10-25-26(21,22)23)18-17(20)24-9-15-13-7-3-1-5-11(13)12-6-2-4-8-14(12)15;;/h1-8,15-16H,9-10H2,(H,18,20)(H,21,22,23);;/q-1;2*+1/p-1. The largest absolute Gasteiger partial charge is 1.00 e. The van der Waals surface area contributed by atoms with E-state index >= 15 is 0 Å². The Labute approximate surface area is 211 Å². The van der Waals surface area contributed by atoms with Crippen LogP contribution in [0, 0.1) is 0 Å². The zero-order chi connectivity index (χ0) is 18.7. The van der Waals surface area contributed by atoms with Crippen LogP contribution in [0.25, 0.3) is 11.1 Å². The van der Waals surface area contributed by atoms with E-state index < -0.39 is 27.2 Å². The molecule has 28 heavy (non-hydrogen) atoms. The molecule has 2 aromatic rings.